The fraction of sp³-hybridized carbons (Fsp3) is 0.100. The fourth-order valence-corrected chi connectivity index (χ4v) is 4.70. The monoisotopic (exact) mass is 529 g/mol. The van der Waals surface area contributed by atoms with Crippen molar-refractivity contribution >= 4 is 23.1 Å². The topological polar surface area (TPSA) is 78.4 Å². The van der Waals surface area contributed by atoms with Crippen molar-refractivity contribution in [3.8, 4) is 17.1 Å². The molecule has 8 heteroatoms. The summed E-state index contributed by atoms with van der Waals surface area (Å²) in [5.74, 6) is 0.860. The van der Waals surface area contributed by atoms with Crippen molar-refractivity contribution in [3.05, 3.63) is 130 Å². The SMILES string of the molecule is O=C([O-])c1ccccc1CN(Cc1cccs1)c1ccnc(-c2ccc(OCc3ccccc3)cc2)n1.[Na+]. The van der Waals surface area contributed by atoms with Crippen molar-refractivity contribution in [1.82, 2.24) is 9.97 Å². The fourth-order valence-electron chi connectivity index (χ4n) is 3.98. The Morgan fingerprint density at radius 2 is 1.63 bits per heavy atom. The van der Waals surface area contributed by atoms with E-state index in [9.17, 15) is 9.90 Å². The first-order valence-electron chi connectivity index (χ1n) is 11.8. The second-order valence-electron chi connectivity index (χ2n) is 8.42. The number of benzene rings is 3. The zero-order valence-electron chi connectivity index (χ0n) is 21.0. The zero-order chi connectivity index (χ0) is 25.5. The minimum Gasteiger partial charge on any atom is -0.545 e. The number of aromatic carboxylic acids is 1. The van der Waals surface area contributed by atoms with Gasteiger partial charge in [-0.05, 0) is 52.9 Å². The molecule has 38 heavy (non-hydrogen) atoms. The van der Waals surface area contributed by atoms with Crippen LogP contribution in [-0.2, 0) is 19.7 Å². The number of anilines is 1. The molecule has 2 aromatic heterocycles. The van der Waals surface area contributed by atoms with E-state index in [-0.39, 0.29) is 35.1 Å². The van der Waals surface area contributed by atoms with Crippen LogP contribution in [0.5, 0.6) is 5.75 Å². The molecule has 0 aliphatic heterocycles. The molecule has 0 aliphatic rings. The summed E-state index contributed by atoms with van der Waals surface area (Å²) in [5.41, 5.74) is 2.81. The van der Waals surface area contributed by atoms with Crippen LogP contribution in [-0.4, -0.2) is 15.9 Å². The number of aromatic nitrogens is 2. The number of hydrogen-bond acceptors (Lipinski definition) is 7. The van der Waals surface area contributed by atoms with Crippen molar-refractivity contribution in [2.75, 3.05) is 4.90 Å². The number of thiophene rings is 1. The first-order chi connectivity index (χ1) is 18.2. The van der Waals surface area contributed by atoms with Gasteiger partial charge >= 0.3 is 29.6 Å². The van der Waals surface area contributed by atoms with Gasteiger partial charge in [-0.2, -0.15) is 0 Å². The Bertz CT molecular complexity index is 1460. The molecule has 0 aliphatic carbocycles. The molecule has 6 nitrogen and oxygen atoms in total. The maximum Gasteiger partial charge on any atom is 1.00 e. The Hall–Kier alpha value is -3.49. The van der Waals surface area contributed by atoms with Gasteiger partial charge in [0.2, 0.25) is 0 Å². The number of hydrogen-bond donors (Lipinski definition) is 0. The second-order valence-corrected chi connectivity index (χ2v) is 9.45. The van der Waals surface area contributed by atoms with Crippen LogP contribution in [0.4, 0.5) is 5.82 Å². The summed E-state index contributed by atoms with van der Waals surface area (Å²) in [6, 6.07) is 30.5. The van der Waals surface area contributed by atoms with E-state index in [0.717, 1.165) is 21.8 Å². The minimum atomic E-state index is -1.19. The van der Waals surface area contributed by atoms with Gasteiger partial charge in [0.15, 0.2) is 5.82 Å². The predicted octanol–water partition coefficient (Wildman–Crippen LogP) is 2.36. The van der Waals surface area contributed by atoms with E-state index in [1.807, 2.05) is 84.2 Å². The van der Waals surface area contributed by atoms with Gasteiger partial charge in [-0.1, -0.05) is 60.7 Å². The molecule has 184 valence electrons. The quantitative estimate of drug-likeness (QED) is 0.259. The maximum absolute atomic E-state index is 11.7. The number of ether oxygens (including phenoxy) is 1. The molecule has 0 bridgehead atoms. The number of rotatable bonds is 10. The number of carbonyl (C=O) groups is 1. The molecular formula is C30H24N3NaO3S. The van der Waals surface area contributed by atoms with Gasteiger partial charge in [-0.15, -0.1) is 11.3 Å². The van der Waals surface area contributed by atoms with Crippen LogP contribution in [0.25, 0.3) is 11.4 Å². The van der Waals surface area contributed by atoms with Gasteiger partial charge < -0.3 is 19.5 Å². The molecule has 0 saturated heterocycles. The molecule has 0 saturated carbocycles. The standard InChI is InChI=1S/C30H25N3O3S.Na/c34-30(35)27-11-5-4-9-24(27)19-33(20-26-10-6-18-37-26)28-16-17-31-29(32-28)23-12-14-25(15-13-23)36-21-22-7-2-1-3-8-22;/h1-18H,19-21H2,(H,34,35);/q;+1/p-1. The molecule has 0 N–H and O–H groups in total. The van der Waals surface area contributed by atoms with Crippen LogP contribution in [0.15, 0.2) is 109 Å². The van der Waals surface area contributed by atoms with Gasteiger partial charge in [0.1, 0.15) is 18.2 Å². The van der Waals surface area contributed by atoms with E-state index in [0.29, 0.717) is 36.9 Å². The smallest absolute Gasteiger partial charge is 0.545 e. The summed E-state index contributed by atoms with van der Waals surface area (Å²) in [4.78, 5) is 24.2. The van der Waals surface area contributed by atoms with E-state index >= 15 is 0 Å². The molecule has 0 radical (unpaired) electrons. The normalized spacial score (nSPS) is 10.4. The number of carboxylic acids is 1. The zero-order valence-corrected chi connectivity index (χ0v) is 23.8. The van der Waals surface area contributed by atoms with Crippen LogP contribution in [0.1, 0.15) is 26.4 Å². The maximum atomic E-state index is 11.7. The summed E-state index contributed by atoms with van der Waals surface area (Å²) in [7, 11) is 0. The summed E-state index contributed by atoms with van der Waals surface area (Å²) < 4.78 is 5.90. The molecular weight excluding hydrogens is 505 g/mol. The van der Waals surface area contributed by atoms with Crippen molar-refractivity contribution in [1.29, 1.82) is 0 Å². The van der Waals surface area contributed by atoms with Crippen LogP contribution in [0.2, 0.25) is 0 Å². The third-order valence-electron chi connectivity index (χ3n) is 5.85. The Kier molecular flexibility index (Phi) is 9.67. The Morgan fingerprint density at radius 1 is 0.868 bits per heavy atom. The van der Waals surface area contributed by atoms with E-state index in [1.54, 1.807) is 29.7 Å². The summed E-state index contributed by atoms with van der Waals surface area (Å²) in [6.07, 6.45) is 1.73. The molecule has 0 spiro atoms. The third kappa shape index (κ3) is 7.08. The predicted molar refractivity (Wildman–Crippen MR) is 143 cm³/mol. The van der Waals surface area contributed by atoms with Gasteiger partial charge in [0, 0.05) is 28.7 Å². The first-order valence-corrected chi connectivity index (χ1v) is 12.7. The van der Waals surface area contributed by atoms with Crippen molar-refractivity contribution in [2.24, 2.45) is 0 Å². The number of carboxylic acid groups (broad SMARTS) is 1. The van der Waals surface area contributed by atoms with Crippen LogP contribution >= 0.6 is 11.3 Å². The van der Waals surface area contributed by atoms with Crippen LogP contribution < -0.4 is 44.3 Å². The van der Waals surface area contributed by atoms with Crippen molar-refractivity contribution < 1.29 is 44.2 Å². The van der Waals surface area contributed by atoms with E-state index < -0.39 is 5.97 Å². The largest absolute Gasteiger partial charge is 1.00 e. The summed E-state index contributed by atoms with van der Waals surface area (Å²) in [5, 5.41) is 13.7. The minimum absolute atomic E-state index is 0. The van der Waals surface area contributed by atoms with E-state index in [1.165, 1.54) is 0 Å². The molecule has 0 fully saturated rings. The summed E-state index contributed by atoms with van der Waals surface area (Å²) >= 11 is 1.64. The van der Waals surface area contributed by atoms with Crippen molar-refractivity contribution in [2.45, 2.75) is 19.7 Å². The first kappa shape index (κ1) is 27.5. The molecule has 3 aromatic carbocycles. The Balaban J connectivity index is 0.00000336. The molecule has 0 amide bonds. The van der Waals surface area contributed by atoms with Gasteiger partial charge in [0.25, 0.3) is 0 Å². The van der Waals surface area contributed by atoms with E-state index in [2.05, 4.69) is 16.0 Å². The molecule has 0 atom stereocenters. The molecule has 2 heterocycles. The van der Waals surface area contributed by atoms with Gasteiger partial charge in [-0.25, -0.2) is 9.97 Å². The second kappa shape index (κ2) is 13.3. The number of nitrogens with zero attached hydrogens (tertiary/aromatic N) is 3. The molecule has 5 aromatic rings. The third-order valence-corrected chi connectivity index (χ3v) is 6.71. The summed E-state index contributed by atoms with van der Waals surface area (Å²) in [6.45, 7) is 1.45. The number of carbonyl (C=O) groups excluding carboxylic acids is 1. The van der Waals surface area contributed by atoms with Crippen molar-refractivity contribution in [3.63, 3.8) is 0 Å². The molecule has 0 unspecified atom stereocenters. The Morgan fingerprint density at radius 3 is 2.37 bits per heavy atom. The van der Waals surface area contributed by atoms with Crippen LogP contribution in [0, 0.1) is 0 Å². The van der Waals surface area contributed by atoms with E-state index in [4.69, 9.17) is 9.72 Å². The Labute approximate surface area is 247 Å². The van der Waals surface area contributed by atoms with Gasteiger partial charge in [0.05, 0.1) is 12.5 Å². The van der Waals surface area contributed by atoms with Crippen LogP contribution in [0.3, 0.4) is 0 Å². The molecule has 5 rings (SSSR count). The average Bonchev–Trinajstić information content (AvgIpc) is 3.46. The van der Waals surface area contributed by atoms with Gasteiger partial charge in [-0.3, -0.25) is 0 Å². The average molecular weight is 530 g/mol.